The summed E-state index contributed by atoms with van der Waals surface area (Å²) in [4.78, 5) is 5.79. The average molecular weight is 217 g/mol. The summed E-state index contributed by atoms with van der Waals surface area (Å²) >= 11 is 5.60. The molecule has 0 radical (unpaired) electrons. The Balaban J connectivity index is 2.96. The van der Waals surface area contributed by atoms with E-state index in [4.69, 9.17) is 11.6 Å². The molecule has 0 atom stereocenters. The van der Waals surface area contributed by atoms with Crippen molar-refractivity contribution in [2.75, 3.05) is 18.5 Å². The van der Waals surface area contributed by atoms with Gasteiger partial charge in [0.05, 0.1) is 5.88 Å². The van der Waals surface area contributed by atoms with Gasteiger partial charge in [-0.2, -0.15) is 0 Å². The highest BCUT2D eigenvalue weighted by Crippen LogP contribution is 2.19. The van der Waals surface area contributed by atoms with Crippen molar-refractivity contribution in [1.82, 2.24) is 4.98 Å². The molecule has 78 valence electrons. The van der Waals surface area contributed by atoms with E-state index in [-0.39, 0.29) is 11.7 Å². The molecule has 0 aliphatic rings. The molecule has 0 fully saturated rings. The van der Waals surface area contributed by atoms with E-state index in [1.165, 1.54) is 0 Å². The third-order valence-corrected chi connectivity index (χ3v) is 2.30. The molecule has 1 aromatic heterocycles. The maximum absolute atomic E-state index is 13.7. The minimum atomic E-state index is -0.307. The van der Waals surface area contributed by atoms with Gasteiger partial charge in [0, 0.05) is 25.4 Å². The normalized spacial score (nSPS) is 10.3. The molecule has 0 saturated heterocycles. The van der Waals surface area contributed by atoms with Gasteiger partial charge in [0.2, 0.25) is 0 Å². The Morgan fingerprint density at radius 3 is 2.86 bits per heavy atom. The molecular weight excluding hydrogens is 203 g/mol. The summed E-state index contributed by atoms with van der Waals surface area (Å²) < 4.78 is 13.7. The topological polar surface area (TPSA) is 16.1 Å². The van der Waals surface area contributed by atoms with E-state index in [9.17, 15) is 4.39 Å². The van der Waals surface area contributed by atoms with Crippen LogP contribution in [0.2, 0.25) is 0 Å². The van der Waals surface area contributed by atoms with Crippen LogP contribution >= 0.6 is 11.6 Å². The lowest BCUT2D eigenvalue weighted by molar-refractivity contribution is 0.604. The van der Waals surface area contributed by atoms with E-state index in [1.807, 2.05) is 14.0 Å². The summed E-state index contributed by atoms with van der Waals surface area (Å²) in [5, 5.41) is 0. The van der Waals surface area contributed by atoms with Gasteiger partial charge >= 0.3 is 0 Å². The van der Waals surface area contributed by atoms with Gasteiger partial charge in [-0.25, -0.2) is 9.37 Å². The van der Waals surface area contributed by atoms with Gasteiger partial charge < -0.3 is 4.90 Å². The SMILES string of the molecule is CCCN(C)c1nccc(CCl)c1F. The molecule has 0 bridgehead atoms. The molecule has 0 unspecified atom stereocenters. The third-order valence-electron chi connectivity index (χ3n) is 2.02. The van der Waals surface area contributed by atoms with Crippen molar-refractivity contribution < 1.29 is 4.39 Å². The summed E-state index contributed by atoms with van der Waals surface area (Å²) in [6.45, 7) is 2.83. The summed E-state index contributed by atoms with van der Waals surface area (Å²) in [7, 11) is 1.83. The van der Waals surface area contributed by atoms with Crippen LogP contribution in [0.15, 0.2) is 12.3 Å². The molecular formula is C10H14ClFN2. The minimum Gasteiger partial charge on any atom is -0.357 e. The Morgan fingerprint density at radius 2 is 2.29 bits per heavy atom. The van der Waals surface area contributed by atoms with Crippen molar-refractivity contribution >= 4 is 17.4 Å². The number of hydrogen-bond donors (Lipinski definition) is 0. The highest BCUT2D eigenvalue weighted by atomic mass is 35.5. The van der Waals surface area contributed by atoms with Crippen molar-refractivity contribution in [1.29, 1.82) is 0 Å². The molecule has 0 spiro atoms. The minimum absolute atomic E-state index is 0.182. The zero-order valence-corrected chi connectivity index (χ0v) is 9.18. The second-order valence-corrected chi connectivity index (χ2v) is 3.43. The molecule has 1 aromatic rings. The first kappa shape index (κ1) is 11.2. The summed E-state index contributed by atoms with van der Waals surface area (Å²) in [6.07, 6.45) is 2.55. The molecule has 14 heavy (non-hydrogen) atoms. The first-order valence-corrected chi connectivity index (χ1v) is 5.14. The van der Waals surface area contributed by atoms with Crippen molar-refractivity contribution in [3.05, 3.63) is 23.6 Å². The van der Waals surface area contributed by atoms with Crippen molar-refractivity contribution in [2.45, 2.75) is 19.2 Å². The smallest absolute Gasteiger partial charge is 0.170 e. The summed E-state index contributed by atoms with van der Waals surface area (Å²) in [6, 6.07) is 1.60. The second kappa shape index (κ2) is 5.15. The molecule has 0 aliphatic carbocycles. The van der Waals surface area contributed by atoms with Crippen LogP contribution in [-0.2, 0) is 5.88 Å². The first-order chi connectivity index (χ1) is 6.70. The molecule has 4 heteroatoms. The molecule has 1 heterocycles. The standard InChI is InChI=1S/C10H14ClFN2/c1-3-6-14(2)10-9(12)8(7-11)4-5-13-10/h4-5H,3,6-7H2,1-2H3. The Hall–Kier alpha value is -0.830. The lowest BCUT2D eigenvalue weighted by Gasteiger charge is -2.18. The van der Waals surface area contributed by atoms with Crippen LogP contribution in [-0.4, -0.2) is 18.6 Å². The van der Waals surface area contributed by atoms with Crippen LogP contribution < -0.4 is 4.90 Å². The number of halogens is 2. The first-order valence-electron chi connectivity index (χ1n) is 4.61. The fraction of sp³-hybridized carbons (Fsp3) is 0.500. The number of rotatable bonds is 4. The molecule has 1 rings (SSSR count). The van der Waals surface area contributed by atoms with Gasteiger partial charge in [0.15, 0.2) is 11.6 Å². The van der Waals surface area contributed by atoms with Crippen molar-refractivity contribution in [2.24, 2.45) is 0 Å². The number of alkyl halides is 1. The van der Waals surface area contributed by atoms with Gasteiger partial charge in [0.25, 0.3) is 0 Å². The number of aromatic nitrogens is 1. The maximum atomic E-state index is 13.7. The fourth-order valence-electron chi connectivity index (χ4n) is 1.28. The van der Waals surface area contributed by atoms with Crippen LogP contribution in [0.1, 0.15) is 18.9 Å². The average Bonchev–Trinajstić information content (AvgIpc) is 2.18. The third kappa shape index (κ3) is 2.35. The fourth-order valence-corrected chi connectivity index (χ4v) is 1.49. The summed E-state index contributed by atoms with van der Waals surface area (Å²) in [5.74, 6) is 0.255. The number of hydrogen-bond acceptors (Lipinski definition) is 2. The molecule has 0 aromatic carbocycles. The van der Waals surface area contributed by atoms with Gasteiger partial charge in [-0.15, -0.1) is 11.6 Å². The highest BCUT2D eigenvalue weighted by Gasteiger charge is 2.11. The van der Waals surface area contributed by atoms with E-state index < -0.39 is 0 Å². The molecule has 0 saturated carbocycles. The van der Waals surface area contributed by atoms with Crippen LogP contribution in [0.25, 0.3) is 0 Å². The number of nitrogens with zero attached hydrogens (tertiary/aromatic N) is 2. The van der Waals surface area contributed by atoms with Crippen LogP contribution in [0.5, 0.6) is 0 Å². The quantitative estimate of drug-likeness (QED) is 0.720. The van der Waals surface area contributed by atoms with E-state index in [2.05, 4.69) is 4.98 Å². The monoisotopic (exact) mass is 216 g/mol. The van der Waals surface area contributed by atoms with E-state index in [0.717, 1.165) is 13.0 Å². The highest BCUT2D eigenvalue weighted by molar-refractivity contribution is 6.17. The largest absolute Gasteiger partial charge is 0.357 e. The Labute approximate surface area is 88.7 Å². The van der Waals surface area contributed by atoms with Gasteiger partial charge in [0.1, 0.15) is 0 Å². The maximum Gasteiger partial charge on any atom is 0.170 e. The molecule has 2 nitrogen and oxygen atoms in total. The van der Waals surface area contributed by atoms with Gasteiger partial charge in [-0.1, -0.05) is 6.92 Å². The Morgan fingerprint density at radius 1 is 1.57 bits per heavy atom. The number of pyridine rings is 1. The predicted octanol–water partition coefficient (Wildman–Crippen LogP) is 2.81. The zero-order valence-electron chi connectivity index (χ0n) is 8.43. The van der Waals surface area contributed by atoms with Crippen LogP contribution in [0.3, 0.4) is 0 Å². The van der Waals surface area contributed by atoms with Crippen molar-refractivity contribution in [3.63, 3.8) is 0 Å². The lowest BCUT2D eigenvalue weighted by Crippen LogP contribution is -2.20. The predicted molar refractivity (Wildman–Crippen MR) is 57.3 cm³/mol. The van der Waals surface area contributed by atoms with Crippen LogP contribution in [0, 0.1) is 5.82 Å². The second-order valence-electron chi connectivity index (χ2n) is 3.16. The van der Waals surface area contributed by atoms with Crippen LogP contribution in [0.4, 0.5) is 10.2 Å². The van der Waals surface area contributed by atoms with E-state index in [1.54, 1.807) is 17.2 Å². The van der Waals surface area contributed by atoms with Crippen molar-refractivity contribution in [3.8, 4) is 0 Å². The Bertz CT molecular complexity index is 304. The molecule has 0 N–H and O–H groups in total. The van der Waals surface area contributed by atoms with Gasteiger partial charge in [-0.05, 0) is 12.5 Å². The molecule has 0 aliphatic heterocycles. The van der Waals surface area contributed by atoms with Gasteiger partial charge in [-0.3, -0.25) is 0 Å². The summed E-state index contributed by atoms with van der Waals surface area (Å²) in [5.41, 5.74) is 0.500. The van der Waals surface area contributed by atoms with E-state index in [0.29, 0.717) is 11.4 Å². The zero-order chi connectivity index (χ0) is 10.6. The Kier molecular flexibility index (Phi) is 4.14. The van der Waals surface area contributed by atoms with E-state index >= 15 is 0 Å². The lowest BCUT2D eigenvalue weighted by atomic mass is 10.2. The molecule has 0 amide bonds. The number of anilines is 1.